The van der Waals surface area contributed by atoms with Gasteiger partial charge in [-0.15, -0.1) is 0 Å². The van der Waals surface area contributed by atoms with Gasteiger partial charge >= 0.3 is 5.97 Å². The molecule has 0 saturated heterocycles. The molecular formula is C12H15FN2O3. The van der Waals surface area contributed by atoms with Gasteiger partial charge in [-0.05, 0) is 24.6 Å². The van der Waals surface area contributed by atoms with Gasteiger partial charge in [-0.2, -0.15) is 0 Å². The third-order valence-corrected chi connectivity index (χ3v) is 2.51. The maximum absolute atomic E-state index is 13.0. The fourth-order valence-electron chi connectivity index (χ4n) is 1.46. The fourth-order valence-corrected chi connectivity index (χ4v) is 1.46. The van der Waals surface area contributed by atoms with Crippen molar-refractivity contribution >= 4 is 17.6 Å². The second-order valence-corrected chi connectivity index (χ2v) is 3.92. The molecule has 5 nitrogen and oxygen atoms in total. The van der Waals surface area contributed by atoms with E-state index in [0.29, 0.717) is 5.69 Å². The van der Waals surface area contributed by atoms with E-state index in [9.17, 15) is 14.0 Å². The predicted molar refractivity (Wildman–Crippen MR) is 64.7 cm³/mol. The summed E-state index contributed by atoms with van der Waals surface area (Å²) in [5.74, 6) is -1.90. The maximum Gasteiger partial charge on any atom is 0.303 e. The van der Waals surface area contributed by atoms with Crippen molar-refractivity contribution in [3.8, 4) is 0 Å². The van der Waals surface area contributed by atoms with Gasteiger partial charge < -0.3 is 15.7 Å². The van der Waals surface area contributed by atoms with Gasteiger partial charge in [0.25, 0.3) is 0 Å². The number of carbonyl (C=O) groups excluding carboxylic acids is 1. The number of carboxylic acid groups (broad SMARTS) is 1. The molecule has 1 atom stereocenters. The molecule has 0 aliphatic rings. The van der Waals surface area contributed by atoms with E-state index in [0.717, 1.165) is 0 Å². The van der Waals surface area contributed by atoms with Crippen LogP contribution < -0.4 is 10.6 Å². The van der Waals surface area contributed by atoms with E-state index in [1.807, 2.05) is 0 Å². The van der Waals surface area contributed by atoms with Crippen LogP contribution in [0.25, 0.3) is 0 Å². The first-order valence-electron chi connectivity index (χ1n) is 5.42. The standard InChI is InChI=1S/C12H15FN2O3/c1-15(9-4-2-3-8(13)7-9)12(18)10(14)5-6-11(16)17/h2-4,7,10H,5-6,14H2,1H3,(H,16,17). The highest BCUT2D eigenvalue weighted by Gasteiger charge is 2.20. The van der Waals surface area contributed by atoms with Crippen LogP contribution >= 0.6 is 0 Å². The Morgan fingerprint density at radius 3 is 2.72 bits per heavy atom. The van der Waals surface area contributed by atoms with Crippen molar-refractivity contribution in [1.82, 2.24) is 0 Å². The minimum absolute atomic E-state index is 0.0494. The average molecular weight is 254 g/mol. The van der Waals surface area contributed by atoms with E-state index in [-0.39, 0.29) is 12.8 Å². The van der Waals surface area contributed by atoms with Gasteiger partial charge in [0, 0.05) is 19.2 Å². The van der Waals surface area contributed by atoms with Crippen molar-refractivity contribution in [3.63, 3.8) is 0 Å². The minimum atomic E-state index is -1.01. The molecule has 0 aliphatic heterocycles. The molecular weight excluding hydrogens is 239 g/mol. The quantitative estimate of drug-likeness (QED) is 0.820. The molecule has 0 aromatic heterocycles. The lowest BCUT2D eigenvalue weighted by atomic mass is 10.1. The number of halogens is 1. The third-order valence-electron chi connectivity index (χ3n) is 2.51. The predicted octanol–water partition coefficient (Wildman–Crippen LogP) is 0.981. The number of benzene rings is 1. The molecule has 1 aromatic rings. The van der Waals surface area contributed by atoms with E-state index < -0.39 is 23.7 Å². The lowest BCUT2D eigenvalue weighted by molar-refractivity contribution is -0.137. The van der Waals surface area contributed by atoms with Crippen LogP contribution in [-0.4, -0.2) is 30.1 Å². The minimum Gasteiger partial charge on any atom is -0.481 e. The van der Waals surface area contributed by atoms with Crippen molar-refractivity contribution in [1.29, 1.82) is 0 Å². The van der Waals surface area contributed by atoms with E-state index >= 15 is 0 Å². The van der Waals surface area contributed by atoms with Crippen molar-refractivity contribution in [2.75, 3.05) is 11.9 Å². The van der Waals surface area contributed by atoms with Crippen LogP contribution in [0.1, 0.15) is 12.8 Å². The molecule has 0 aliphatic carbocycles. The number of carbonyl (C=O) groups is 2. The second kappa shape index (κ2) is 6.11. The molecule has 0 radical (unpaired) electrons. The summed E-state index contributed by atoms with van der Waals surface area (Å²) in [4.78, 5) is 23.5. The molecule has 0 spiro atoms. The second-order valence-electron chi connectivity index (χ2n) is 3.92. The number of hydrogen-bond acceptors (Lipinski definition) is 3. The first kappa shape index (κ1) is 14.1. The Kier molecular flexibility index (Phi) is 4.79. The van der Waals surface area contributed by atoms with Gasteiger partial charge in [0.1, 0.15) is 5.82 Å². The number of hydrogen-bond donors (Lipinski definition) is 2. The SMILES string of the molecule is CN(C(=O)C(N)CCC(=O)O)c1cccc(F)c1. The van der Waals surface area contributed by atoms with Crippen LogP contribution in [0.5, 0.6) is 0 Å². The number of carboxylic acids is 1. The smallest absolute Gasteiger partial charge is 0.303 e. The first-order chi connectivity index (χ1) is 8.41. The molecule has 98 valence electrons. The first-order valence-corrected chi connectivity index (χ1v) is 5.42. The largest absolute Gasteiger partial charge is 0.481 e. The molecule has 0 saturated carbocycles. The van der Waals surface area contributed by atoms with E-state index in [4.69, 9.17) is 10.8 Å². The Balaban J connectivity index is 2.68. The van der Waals surface area contributed by atoms with Crippen LogP contribution in [-0.2, 0) is 9.59 Å². The van der Waals surface area contributed by atoms with Gasteiger partial charge in [-0.1, -0.05) is 6.07 Å². The van der Waals surface area contributed by atoms with E-state index in [1.165, 1.54) is 30.1 Å². The summed E-state index contributed by atoms with van der Waals surface area (Å²) in [7, 11) is 1.47. The molecule has 0 bridgehead atoms. The lowest BCUT2D eigenvalue weighted by Gasteiger charge is -2.21. The number of nitrogens with two attached hydrogens (primary N) is 1. The Labute approximate surface area is 104 Å². The van der Waals surface area contributed by atoms with Gasteiger partial charge in [0.15, 0.2) is 0 Å². The third kappa shape index (κ3) is 3.81. The van der Waals surface area contributed by atoms with E-state index in [2.05, 4.69) is 0 Å². The number of anilines is 1. The van der Waals surface area contributed by atoms with Crippen molar-refractivity contribution in [3.05, 3.63) is 30.1 Å². The highest BCUT2D eigenvalue weighted by Crippen LogP contribution is 2.15. The summed E-state index contributed by atoms with van der Waals surface area (Å²) >= 11 is 0. The van der Waals surface area contributed by atoms with E-state index in [1.54, 1.807) is 6.07 Å². The lowest BCUT2D eigenvalue weighted by Crippen LogP contribution is -2.42. The Hall–Kier alpha value is -1.95. The summed E-state index contributed by atoms with van der Waals surface area (Å²) in [5.41, 5.74) is 5.97. The van der Waals surface area contributed by atoms with Crippen molar-refractivity contribution in [2.45, 2.75) is 18.9 Å². The zero-order valence-electron chi connectivity index (χ0n) is 9.97. The molecule has 6 heteroatoms. The molecule has 1 amide bonds. The highest BCUT2D eigenvalue weighted by molar-refractivity contribution is 5.96. The zero-order valence-corrected chi connectivity index (χ0v) is 9.97. The maximum atomic E-state index is 13.0. The molecule has 1 rings (SSSR count). The van der Waals surface area contributed by atoms with Gasteiger partial charge in [0.2, 0.25) is 5.91 Å². The molecule has 1 unspecified atom stereocenters. The number of amides is 1. The molecule has 0 heterocycles. The number of aliphatic carboxylic acids is 1. The average Bonchev–Trinajstić information content (AvgIpc) is 2.34. The Morgan fingerprint density at radius 1 is 1.50 bits per heavy atom. The summed E-state index contributed by atoms with van der Waals surface area (Å²) in [6.07, 6.45) is -0.127. The summed E-state index contributed by atoms with van der Waals surface area (Å²) in [5, 5.41) is 8.51. The fraction of sp³-hybridized carbons (Fsp3) is 0.333. The van der Waals surface area contributed by atoms with Gasteiger partial charge in [-0.3, -0.25) is 9.59 Å². The van der Waals surface area contributed by atoms with Crippen LogP contribution in [0, 0.1) is 5.82 Å². The zero-order chi connectivity index (χ0) is 13.7. The Bertz CT molecular complexity index is 451. The van der Waals surface area contributed by atoms with Crippen LogP contribution in [0.4, 0.5) is 10.1 Å². The van der Waals surface area contributed by atoms with Crippen molar-refractivity contribution < 1.29 is 19.1 Å². The summed E-state index contributed by atoms with van der Waals surface area (Å²) < 4.78 is 13.0. The molecule has 18 heavy (non-hydrogen) atoms. The normalized spacial score (nSPS) is 11.9. The van der Waals surface area contributed by atoms with Gasteiger partial charge in [-0.25, -0.2) is 4.39 Å². The number of rotatable bonds is 5. The molecule has 0 fully saturated rings. The van der Waals surface area contributed by atoms with Crippen molar-refractivity contribution in [2.24, 2.45) is 5.73 Å². The summed E-state index contributed by atoms with van der Waals surface area (Å²) in [6, 6.07) is 4.63. The topological polar surface area (TPSA) is 83.6 Å². The van der Waals surface area contributed by atoms with Crippen LogP contribution in [0.15, 0.2) is 24.3 Å². The van der Waals surface area contributed by atoms with Gasteiger partial charge in [0.05, 0.1) is 6.04 Å². The monoisotopic (exact) mass is 254 g/mol. The molecule has 3 N–H and O–H groups in total. The Morgan fingerprint density at radius 2 is 2.17 bits per heavy atom. The highest BCUT2D eigenvalue weighted by atomic mass is 19.1. The van der Waals surface area contributed by atoms with Crippen LogP contribution in [0.3, 0.4) is 0 Å². The number of likely N-dealkylation sites (N-methyl/N-ethyl adjacent to an activating group) is 1. The van der Waals surface area contributed by atoms with Crippen LogP contribution in [0.2, 0.25) is 0 Å². The molecule has 1 aromatic carbocycles. The summed E-state index contributed by atoms with van der Waals surface area (Å²) in [6.45, 7) is 0. The number of nitrogens with zero attached hydrogens (tertiary/aromatic N) is 1.